The molecular weight excluding hydrogens is 372 g/mol. The van der Waals surface area contributed by atoms with Crippen LogP contribution in [0.3, 0.4) is 0 Å². The third kappa shape index (κ3) is 6.40. The fourth-order valence-corrected chi connectivity index (χ4v) is 3.51. The highest BCUT2D eigenvalue weighted by molar-refractivity contribution is 7.92. The molecule has 1 aromatic carbocycles. The summed E-state index contributed by atoms with van der Waals surface area (Å²) < 4.78 is 25.0. The van der Waals surface area contributed by atoms with Crippen molar-refractivity contribution < 1.29 is 23.1 Å². The van der Waals surface area contributed by atoms with Crippen LogP contribution in [0.25, 0.3) is 0 Å². The van der Waals surface area contributed by atoms with E-state index < -0.39 is 16.0 Å². The monoisotopic (exact) mass is 398 g/mol. The van der Waals surface area contributed by atoms with Gasteiger partial charge in [-0.15, -0.1) is 0 Å². The first-order valence-corrected chi connectivity index (χ1v) is 10.6. The minimum absolute atomic E-state index is 0.0113. The van der Waals surface area contributed by atoms with E-state index in [1.807, 2.05) is 23.6 Å². The van der Waals surface area contributed by atoms with E-state index in [-0.39, 0.29) is 23.2 Å². The quantitative estimate of drug-likeness (QED) is 0.608. The average molecular weight is 398 g/mol. The van der Waals surface area contributed by atoms with E-state index >= 15 is 0 Å². The van der Waals surface area contributed by atoms with Crippen molar-refractivity contribution in [3.8, 4) is 0 Å². The van der Waals surface area contributed by atoms with Gasteiger partial charge in [0.1, 0.15) is 0 Å². The molecule has 9 nitrogen and oxygen atoms in total. The maximum atomic E-state index is 11.9. The number of nitrogens with zero attached hydrogens (tertiary/aromatic N) is 2. The van der Waals surface area contributed by atoms with Crippen LogP contribution in [0.2, 0.25) is 0 Å². The zero-order valence-corrected chi connectivity index (χ0v) is 16.5. The lowest BCUT2D eigenvalue weighted by Gasteiger charge is -2.36. The van der Waals surface area contributed by atoms with Crippen molar-refractivity contribution in [1.29, 1.82) is 0 Å². The Morgan fingerprint density at radius 2 is 1.81 bits per heavy atom. The number of carboxylic acid groups (broad SMARTS) is 1. The first-order valence-electron chi connectivity index (χ1n) is 8.67. The second-order valence-electron chi connectivity index (χ2n) is 6.89. The lowest BCUT2D eigenvalue weighted by Crippen LogP contribution is -2.50. The Kier molecular flexibility index (Phi) is 6.66. The molecule has 1 aliphatic rings. The van der Waals surface area contributed by atoms with Gasteiger partial charge in [0.15, 0.2) is 0 Å². The summed E-state index contributed by atoms with van der Waals surface area (Å²) in [7, 11) is -3.57. The molecule has 0 radical (unpaired) electrons. The molecule has 2 rings (SSSR count). The lowest BCUT2D eigenvalue weighted by atomic mass is 10.1. The molecule has 1 fully saturated rings. The second-order valence-corrected chi connectivity index (χ2v) is 8.64. The van der Waals surface area contributed by atoms with Crippen molar-refractivity contribution in [3.05, 3.63) is 23.8 Å². The molecule has 0 bridgehead atoms. The molecular formula is C17H26N4O5S. The molecule has 0 atom stereocenters. The predicted octanol–water partition coefficient (Wildman–Crippen LogP) is 0.403. The first-order chi connectivity index (χ1) is 12.5. The maximum absolute atomic E-state index is 11.9. The Balaban J connectivity index is 2.04. The van der Waals surface area contributed by atoms with Gasteiger partial charge in [0.05, 0.1) is 24.1 Å². The van der Waals surface area contributed by atoms with E-state index in [1.54, 1.807) is 6.07 Å². The molecule has 0 saturated carbocycles. The molecule has 0 unspecified atom stereocenters. The Bertz CT molecular complexity index is 802. The number of nitrogens with one attached hydrogen (secondary N) is 2. The lowest BCUT2D eigenvalue weighted by molar-refractivity contribution is -0.122. The molecule has 1 amide bonds. The van der Waals surface area contributed by atoms with Gasteiger partial charge in [-0.1, -0.05) is 0 Å². The smallest absolute Gasteiger partial charge is 0.337 e. The predicted molar refractivity (Wildman–Crippen MR) is 104 cm³/mol. The van der Waals surface area contributed by atoms with E-state index in [1.165, 1.54) is 12.1 Å². The van der Waals surface area contributed by atoms with Crippen LogP contribution in [0.1, 0.15) is 24.2 Å². The van der Waals surface area contributed by atoms with E-state index in [2.05, 4.69) is 10.0 Å². The number of carbonyl (C=O) groups is 2. The Morgan fingerprint density at radius 3 is 2.33 bits per heavy atom. The van der Waals surface area contributed by atoms with Gasteiger partial charge in [0.25, 0.3) is 0 Å². The van der Waals surface area contributed by atoms with E-state index in [0.29, 0.717) is 38.4 Å². The van der Waals surface area contributed by atoms with E-state index in [0.717, 1.165) is 6.26 Å². The number of hydrogen-bond acceptors (Lipinski definition) is 6. The topological polar surface area (TPSA) is 119 Å². The van der Waals surface area contributed by atoms with Crippen LogP contribution in [0.4, 0.5) is 11.4 Å². The third-order valence-electron chi connectivity index (χ3n) is 4.08. The van der Waals surface area contributed by atoms with Crippen LogP contribution < -0.4 is 14.9 Å². The van der Waals surface area contributed by atoms with Gasteiger partial charge in [-0.2, -0.15) is 0 Å². The second kappa shape index (κ2) is 8.57. The number of carboxylic acids is 1. The zero-order valence-electron chi connectivity index (χ0n) is 15.7. The molecule has 1 heterocycles. The zero-order chi connectivity index (χ0) is 20.2. The molecule has 1 saturated heterocycles. The number of piperazine rings is 1. The SMILES string of the molecule is CC(C)NC(=O)CN1CCN(c2ccc(NS(C)(=O)=O)c(C(=O)O)c2)CC1. The summed E-state index contributed by atoms with van der Waals surface area (Å²) >= 11 is 0. The molecule has 1 aliphatic heterocycles. The molecule has 10 heteroatoms. The fraction of sp³-hybridized carbons (Fsp3) is 0.529. The largest absolute Gasteiger partial charge is 0.478 e. The highest BCUT2D eigenvalue weighted by atomic mass is 32.2. The standard InChI is InChI=1S/C17H26N4O5S/c1-12(2)18-16(22)11-20-6-8-21(9-7-20)13-4-5-15(19-27(3,25)26)14(10-13)17(23)24/h4-5,10,12,19H,6-9,11H2,1-3H3,(H,18,22)(H,23,24). The van der Waals surface area contributed by atoms with E-state index in [4.69, 9.17) is 0 Å². The summed E-state index contributed by atoms with van der Waals surface area (Å²) in [6.45, 7) is 6.81. The van der Waals surface area contributed by atoms with Crippen molar-refractivity contribution in [3.63, 3.8) is 0 Å². The van der Waals surface area contributed by atoms with Gasteiger partial charge in [-0.05, 0) is 32.0 Å². The molecule has 1 aromatic rings. The van der Waals surface area contributed by atoms with Crippen LogP contribution in [0.15, 0.2) is 18.2 Å². The Morgan fingerprint density at radius 1 is 1.19 bits per heavy atom. The van der Waals surface area contributed by atoms with Gasteiger partial charge in [-0.3, -0.25) is 14.4 Å². The molecule has 27 heavy (non-hydrogen) atoms. The highest BCUT2D eigenvalue weighted by Crippen LogP contribution is 2.25. The van der Waals surface area contributed by atoms with Crippen LogP contribution in [0.5, 0.6) is 0 Å². The van der Waals surface area contributed by atoms with Crippen molar-refractivity contribution in [2.24, 2.45) is 0 Å². The number of hydrogen-bond donors (Lipinski definition) is 3. The Labute approximate surface area is 159 Å². The number of carbonyl (C=O) groups excluding carboxylic acids is 1. The number of amides is 1. The number of aromatic carboxylic acids is 1. The summed E-state index contributed by atoms with van der Waals surface area (Å²) in [4.78, 5) is 27.4. The normalized spacial score (nSPS) is 15.6. The molecule has 3 N–H and O–H groups in total. The summed E-state index contributed by atoms with van der Waals surface area (Å²) in [6, 6.07) is 4.73. The minimum atomic E-state index is -3.57. The molecule has 0 aliphatic carbocycles. The van der Waals surface area contributed by atoms with Gasteiger partial charge in [0, 0.05) is 37.9 Å². The number of rotatable bonds is 7. The van der Waals surface area contributed by atoms with Crippen molar-refractivity contribution in [1.82, 2.24) is 10.2 Å². The third-order valence-corrected chi connectivity index (χ3v) is 4.67. The molecule has 150 valence electrons. The van der Waals surface area contributed by atoms with Crippen LogP contribution in [-0.4, -0.2) is 75.3 Å². The van der Waals surface area contributed by atoms with Crippen LogP contribution >= 0.6 is 0 Å². The first kappa shape index (κ1) is 21.0. The van der Waals surface area contributed by atoms with Crippen LogP contribution in [0, 0.1) is 0 Å². The number of anilines is 2. The molecule has 0 spiro atoms. The summed E-state index contributed by atoms with van der Waals surface area (Å²) in [5.41, 5.74) is 0.646. The average Bonchev–Trinajstić information content (AvgIpc) is 2.53. The minimum Gasteiger partial charge on any atom is -0.478 e. The van der Waals surface area contributed by atoms with Crippen molar-refractivity contribution in [2.75, 3.05) is 48.6 Å². The van der Waals surface area contributed by atoms with Crippen LogP contribution in [-0.2, 0) is 14.8 Å². The maximum Gasteiger partial charge on any atom is 0.337 e. The Hall–Kier alpha value is -2.33. The number of benzene rings is 1. The van der Waals surface area contributed by atoms with Gasteiger partial charge >= 0.3 is 5.97 Å². The van der Waals surface area contributed by atoms with Gasteiger partial charge in [-0.25, -0.2) is 13.2 Å². The summed E-state index contributed by atoms with van der Waals surface area (Å²) in [5, 5.41) is 12.3. The van der Waals surface area contributed by atoms with E-state index in [9.17, 15) is 23.1 Å². The number of sulfonamides is 1. The molecule has 0 aromatic heterocycles. The van der Waals surface area contributed by atoms with Crippen molar-refractivity contribution >= 4 is 33.3 Å². The summed E-state index contributed by atoms with van der Waals surface area (Å²) in [5.74, 6) is -1.21. The fourth-order valence-electron chi connectivity index (χ4n) is 2.93. The van der Waals surface area contributed by atoms with Gasteiger partial charge in [0.2, 0.25) is 15.9 Å². The van der Waals surface area contributed by atoms with Gasteiger partial charge < -0.3 is 15.3 Å². The van der Waals surface area contributed by atoms with Crippen molar-refractivity contribution in [2.45, 2.75) is 19.9 Å². The highest BCUT2D eigenvalue weighted by Gasteiger charge is 2.21. The summed E-state index contributed by atoms with van der Waals surface area (Å²) in [6.07, 6.45) is 0.973.